The second-order valence-electron chi connectivity index (χ2n) is 10.2. The van der Waals surface area contributed by atoms with Gasteiger partial charge < -0.3 is 25.6 Å². The lowest BCUT2D eigenvalue weighted by Gasteiger charge is -2.26. The molecule has 0 amide bonds. The van der Waals surface area contributed by atoms with E-state index in [1.807, 2.05) is 0 Å². The summed E-state index contributed by atoms with van der Waals surface area (Å²) in [6.07, 6.45) is 7.16. The largest absolute Gasteiger partial charge is 0.492 e. The summed E-state index contributed by atoms with van der Waals surface area (Å²) in [6, 6.07) is 8.46. The van der Waals surface area contributed by atoms with E-state index >= 15 is 0 Å². The fraction of sp³-hybridized carbons (Fsp3) is 0.556. The Morgan fingerprint density at radius 2 is 1.71 bits per heavy atom. The lowest BCUT2D eigenvalue weighted by atomic mass is 9.81. The van der Waals surface area contributed by atoms with Crippen LogP contribution < -0.4 is 20.7 Å². The Hall–Kier alpha value is -2.64. The second kappa shape index (κ2) is 10.3. The summed E-state index contributed by atoms with van der Waals surface area (Å²) in [7, 11) is 4.11. The Balaban J connectivity index is 1.37. The molecule has 2 aliphatic heterocycles. The van der Waals surface area contributed by atoms with E-state index in [9.17, 15) is 4.91 Å². The number of ether oxygens (including phenoxy) is 1. The molecule has 5 rings (SSSR count). The van der Waals surface area contributed by atoms with E-state index in [0.29, 0.717) is 12.5 Å². The Morgan fingerprint density at radius 3 is 2.41 bits per heavy atom. The van der Waals surface area contributed by atoms with Gasteiger partial charge in [0.05, 0.1) is 17.1 Å². The van der Waals surface area contributed by atoms with Gasteiger partial charge in [-0.1, -0.05) is 12.1 Å². The first kappa shape index (κ1) is 23.1. The topological polar surface area (TPSA) is 78.0 Å². The maximum Gasteiger partial charge on any atom is 0.123 e. The molecular weight excluding hydrogens is 426 g/mol. The summed E-state index contributed by atoms with van der Waals surface area (Å²) in [4.78, 5) is 13.3. The highest BCUT2D eigenvalue weighted by Gasteiger charge is 2.35. The third-order valence-corrected chi connectivity index (χ3v) is 7.65. The van der Waals surface area contributed by atoms with Gasteiger partial charge in [0.25, 0.3) is 0 Å². The highest BCUT2D eigenvalue weighted by molar-refractivity contribution is 5.46. The van der Waals surface area contributed by atoms with Crippen LogP contribution in [-0.4, -0.2) is 45.2 Å². The first-order valence-corrected chi connectivity index (χ1v) is 12.7. The van der Waals surface area contributed by atoms with Gasteiger partial charge in [-0.15, -0.1) is 4.91 Å². The van der Waals surface area contributed by atoms with Gasteiger partial charge in [0.15, 0.2) is 0 Å². The minimum atomic E-state index is 0.0587. The van der Waals surface area contributed by atoms with Crippen molar-refractivity contribution in [3.63, 3.8) is 0 Å². The van der Waals surface area contributed by atoms with Crippen LogP contribution >= 0.6 is 0 Å². The molecule has 182 valence electrons. The first-order valence-electron chi connectivity index (χ1n) is 12.7. The highest BCUT2D eigenvalue weighted by Crippen LogP contribution is 2.46. The van der Waals surface area contributed by atoms with Crippen molar-refractivity contribution in [2.75, 3.05) is 40.3 Å². The summed E-state index contributed by atoms with van der Waals surface area (Å²) in [5.74, 6) is 1.40. The highest BCUT2D eigenvalue weighted by atomic mass is 16.5. The van der Waals surface area contributed by atoms with Gasteiger partial charge in [0, 0.05) is 6.54 Å². The molecular formula is C27H37N5O2. The van der Waals surface area contributed by atoms with Crippen molar-refractivity contribution >= 4 is 0 Å². The molecule has 2 heterocycles. The Bertz CT molecular complexity index is 1000. The van der Waals surface area contributed by atoms with E-state index in [4.69, 9.17) is 4.74 Å². The van der Waals surface area contributed by atoms with Crippen molar-refractivity contribution in [3.8, 4) is 5.75 Å². The molecule has 1 aromatic rings. The molecule has 4 aliphatic rings. The molecule has 0 radical (unpaired) electrons. The van der Waals surface area contributed by atoms with Crippen LogP contribution in [0.15, 0.2) is 63.3 Å². The number of likely N-dealkylation sites (N-methyl/N-ethyl adjacent to an activating group) is 1. The normalized spacial score (nSPS) is 27.0. The minimum absolute atomic E-state index is 0.0587. The summed E-state index contributed by atoms with van der Waals surface area (Å²) in [5.41, 5.74) is 9.00. The van der Waals surface area contributed by atoms with E-state index in [1.165, 1.54) is 33.7 Å². The van der Waals surface area contributed by atoms with Crippen LogP contribution in [-0.2, 0) is 0 Å². The van der Waals surface area contributed by atoms with Crippen LogP contribution in [0.4, 0.5) is 0 Å². The molecule has 7 nitrogen and oxygen atoms in total. The fourth-order valence-corrected chi connectivity index (χ4v) is 5.75. The molecule has 2 saturated heterocycles. The van der Waals surface area contributed by atoms with Crippen molar-refractivity contribution in [2.24, 2.45) is 11.1 Å². The number of fused-ring (bicyclic) bond motifs is 1. The van der Waals surface area contributed by atoms with Crippen molar-refractivity contribution in [2.45, 2.75) is 51.1 Å². The zero-order chi connectivity index (χ0) is 23.5. The fourth-order valence-electron chi connectivity index (χ4n) is 5.75. The monoisotopic (exact) mass is 463 g/mol. The Morgan fingerprint density at radius 1 is 0.971 bits per heavy atom. The standard InChI is InChI=1S/C27H37N5O2/c1-32(2)15-16-34-22-7-3-19(4-8-22)27-29-25(18-11-13-28-14-12-18)26(30-27)21-5-9-23-20(17-21)6-10-24(23)31-33/h3-4,7-8,20,27-30H,5-6,9-17H2,1-2H3. The molecule has 3 fully saturated rings. The Kier molecular flexibility index (Phi) is 7.02. The summed E-state index contributed by atoms with van der Waals surface area (Å²) in [6.45, 7) is 3.66. The molecule has 0 bridgehead atoms. The van der Waals surface area contributed by atoms with Gasteiger partial charge in [0.1, 0.15) is 18.5 Å². The molecule has 2 unspecified atom stereocenters. The molecule has 1 aromatic carbocycles. The minimum Gasteiger partial charge on any atom is -0.492 e. The van der Waals surface area contributed by atoms with Crippen LogP contribution in [0.3, 0.4) is 0 Å². The number of nitrogens with one attached hydrogen (secondary N) is 3. The third kappa shape index (κ3) is 4.91. The molecule has 34 heavy (non-hydrogen) atoms. The lowest BCUT2D eigenvalue weighted by molar-refractivity contribution is 0.261. The number of nitroso groups, excluding NO2 is 1. The third-order valence-electron chi connectivity index (χ3n) is 7.65. The zero-order valence-electron chi connectivity index (χ0n) is 20.5. The average molecular weight is 464 g/mol. The van der Waals surface area contributed by atoms with Crippen LogP contribution in [0, 0.1) is 10.8 Å². The van der Waals surface area contributed by atoms with E-state index in [-0.39, 0.29) is 6.17 Å². The van der Waals surface area contributed by atoms with Crippen LogP contribution in [0.25, 0.3) is 0 Å². The Labute approximate surface area is 202 Å². The number of allylic oxidation sites excluding steroid dienone is 3. The smallest absolute Gasteiger partial charge is 0.123 e. The van der Waals surface area contributed by atoms with Crippen molar-refractivity contribution < 1.29 is 4.74 Å². The SMILES string of the molecule is CN(C)CCOc1ccc(C2NC(=C3CCNCC3)C(=C3CCC4=C(N=O)CCC4C3)N2)cc1. The van der Waals surface area contributed by atoms with Gasteiger partial charge in [0.2, 0.25) is 0 Å². The first-order chi connectivity index (χ1) is 16.6. The van der Waals surface area contributed by atoms with Crippen molar-refractivity contribution in [3.05, 3.63) is 68.5 Å². The van der Waals surface area contributed by atoms with E-state index in [2.05, 4.69) is 64.4 Å². The van der Waals surface area contributed by atoms with E-state index < -0.39 is 0 Å². The van der Waals surface area contributed by atoms with Gasteiger partial charge in [-0.3, -0.25) is 0 Å². The zero-order valence-corrected chi connectivity index (χ0v) is 20.5. The number of piperidine rings is 1. The van der Waals surface area contributed by atoms with Crippen LogP contribution in [0.1, 0.15) is 56.7 Å². The summed E-state index contributed by atoms with van der Waals surface area (Å²) >= 11 is 0. The summed E-state index contributed by atoms with van der Waals surface area (Å²) in [5, 5.41) is 14.5. The summed E-state index contributed by atoms with van der Waals surface area (Å²) < 4.78 is 5.88. The van der Waals surface area contributed by atoms with Gasteiger partial charge in [-0.05, 0) is 118 Å². The van der Waals surface area contributed by atoms with E-state index in [0.717, 1.165) is 76.0 Å². The second-order valence-corrected chi connectivity index (χ2v) is 10.2. The number of hydrogen-bond acceptors (Lipinski definition) is 7. The van der Waals surface area contributed by atoms with Crippen molar-refractivity contribution in [1.82, 2.24) is 20.9 Å². The van der Waals surface area contributed by atoms with Crippen LogP contribution in [0.5, 0.6) is 5.75 Å². The molecule has 0 aromatic heterocycles. The lowest BCUT2D eigenvalue weighted by Crippen LogP contribution is -2.26. The number of nitrogens with zero attached hydrogens (tertiary/aromatic N) is 2. The van der Waals surface area contributed by atoms with Gasteiger partial charge >= 0.3 is 0 Å². The number of benzene rings is 1. The quantitative estimate of drug-likeness (QED) is 0.545. The molecule has 2 atom stereocenters. The molecule has 3 N–H and O–H groups in total. The maximum absolute atomic E-state index is 11.2. The number of rotatable bonds is 6. The predicted molar refractivity (Wildman–Crippen MR) is 135 cm³/mol. The maximum atomic E-state index is 11.2. The van der Waals surface area contributed by atoms with E-state index in [1.54, 1.807) is 0 Å². The predicted octanol–water partition coefficient (Wildman–Crippen LogP) is 4.32. The number of hydrogen-bond donors (Lipinski definition) is 3. The van der Waals surface area contributed by atoms with Crippen molar-refractivity contribution in [1.29, 1.82) is 0 Å². The van der Waals surface area contributed by atoms with Gasteiger partial charge in [-0.2, -0.15) is 0 Å². The molecule has 1 saturated carbocycles. The average Bonchev–Trinajstić information content (AvgIpc) is 3.49. The molecule has 2 aliphatic carbocycles. The molecule has 0 spiro atoms. The van der Waals surface area contributed by atoms with Crippen LogP contribution in [0.2, 0.25) is 0 Å². The molecule has 7 heteroatoms. The van der Waals surface area contributed by atoms with Gasteiger partial charge in [-0.25, -0.2) is 0 Å².